The first-order chi connectivity index (χ1) is 8.15. The van der Waals surface area contributed by atoms with E-state index < -0.39 is 0 Å². The number of rotatable bonds is 4. The van der Waals surface area contributed by atoms with Gasteiger partial charge >= 0.3 is 0 Å². The highest BCUT2D eigenvalue weighted by Crippen LogP contribution is 2.12. The molecule has 1 aromatic heterocycles. The Kier molecular flexibility index (Phi) is 3.18. The third-order valence-electron chi connectivity index (χ3n) is 2.55. The molecule has 1 heterocycles. The third kappa shape index (κ3) is 2.90. The molecule has 2 aromatic rings. The van der Waals surface area contributed by atoms with Crippen molar-refractivity contribution in [1.82, 2.24) is 9.78 Å². The summed E-state index contributed by atoms with van der Waals surface area (Å²) in [5.74, 6) is 0. The number of aryl methyl sites for hydroxylation is 3. The number of nitro benzene ring substituents is 1. The summed E-state index contributed by atoms with van der Waals surface area (Å²) in [4.78, 5) is 10.1. The molecule has 5 heteroatoms. The quantitative estimate of drug-likeness (QED) is 0.599. The summed E-state index contributed by atoms with van der Waals surface area (Å²) in [6.07, 6.45) is 2.75. The van der Waals surface area contributed by atoms with Gasteiger partial charge < -0.3 is 0 Å². The normalized spacial score (nSPS) is 10.4. The van der Waals surface area contributed by atoms with E-state index in [0.717, 1.165) is 24.2 Å². The predicted molar refractivity (Wildman–Crippen MR) is 63.8 cm³/mol. The lowest BCUT2D eigenvalue weighted by atomic mass is 10.1. The monoisotopic (exact) mass is 231 g/mol. The first-order valence-electron chi connectivity index (χ1n) is 5.38. The maximum absolute atomic E-state index is 10.5. The summed E-state index contributed by atoms with van der Waals surface area (Å²) in [7, 11) is 0. The molecule has 5 nitrogen and oxygen atoms in total. The highest BCUT2D eigenvalue weighted by molar-refractivity contribution is 5.32. The first kappa shape index (κ1) is 11.3. The van der Waals surface area contributed by atoms with E-state index in [-0.39, 0.29) is 10.6 Å². The number of aromatic nitrogens is 2. The second-order valence-corrected chi connectivity index (χ2v) is 3.89. The third-order valence-corrected chi connectivity index (χ3v) is 2.55. The van der Waals surface area contributed by atoms with Gasteiger partial charge in [0.2, 0.25) is 0 Å². The summed E-state index contributed by atoms with van der Waals surface area (Å²) in [6, 6.07) is 8.59. The number of hydrogen-bond acceptors (Lipinski definition) is 3. The molecule has 0 fully saturated rings. The molecule has 0 aliphatic heterocycles. The van der Waals surface area contributed by atoms with Gasteiger partial charge in [-0.3, -0.25) is 14.8 Å². The highest BCUT2D eigenvalue weighted by Gasteiger charge is 2.03. The van der Waals surface area contributed by atoms with Gasteiger partial charge in [-0.2, -0.15) is 5.10 Å². The van der Waals surface area contributed by atoms with Crippen molar-refractivity contribution >= 4 is 5.69 Å². The van der Waals surface area contributed by atoms with Crippen molar-refractivity contribution in [1.29, 1.82) is 0 Å². The number of benzene rings is 1. The van der Waals surface area contributed by atoms with Crippen LogP contribution in [0, 0.1) is 17.0 Å². The molecule has 17 heavy (non-hydrogen) atoms. The number of non-ortho nitro benzene ring substituents is 1. The zero-order valence-corrected chi connectivity index (χ0v) is 9.54. The standard InChI is InChI=1S/C12H13N3O2/c1-10-6-8-14(13-10)9-7-11-2-4-12(5-3-11)15(16)17/h2-6,8H,7,9H2,1H3. The maximum Gasteiger partial charge on any atom is 0.269 e. The maximum atomic E-state index is 10.5. The summed E-state index contributed by atoms with van der Waals surface area (Å²) in [5, 5.41) is 14.8. The smallest absolute Gasteiger partial charge is 0.269 e. The lowest BCUT2D eigenvalue weighted by Crippen LogP contribution is -2.02. The Bertz CT molecular complexity index is 517. The van der Waals surface area contributed by atoms with Gasteiger partial charge in [-0.25, -0.2) is 0 Å². The van der Waals surface area contributed by atoms with Crippen molar-refractivity contribution in [2.45, 2.75) is 19.9 Å². The molecule has 0 aliphatic carbocycles. The van der Waals surface area contributed by atoms with Crippen molar-refractivity contribution < 1.29 is 4.92 Å². The van der Waals surface area contributed by atoms with Crippen molar-refractivity contribution in [2.75, 3.05) is 0 Å². The zero-order chi connectivity index (χ0) is 12.3. The molecule has 0 radical (unpaired) electrons. The van der Waals surface area contributed by atoms with Crippen molar-refractivity contribution in [2.24, 2.45) is 0 Å². The van der Waals surface area contributed by atoms with Gasteiger partial charge in [-0.1, -0.05) is 12.1 Å². The fraction of sp³-hybridized carbons (Fsp3) is 0.250. The second-order valence-electron chi connectivity index (χ2n) is 3.89. The van der Waals surface area contributed by atoms with Gasteiger partial charge in [0.1, 0.15) is 0 Å². The van der Waals surface area contributed by atoms with E-state index in [1.165, 1.54) is 12.1 Å². The van der Waals surface area contributed by atoms with E-state index in [9.17, 15) is 10.1 Å². The molecule has 0 bridgehead atoms. The summed E-state index contributed by atoms with van der Waals surface area (Å²) in [6.45, 7) is 2.73. The average Bonchev–Trinajstić information content (AvgIpc) is 2.73. The van der Waals surface area contributed by atoms with Crippen LogP contribution < -0.4 is 0 Å². The van der Waals surface area contributed by atoms with E-state index in [2.05, 4.69) is 5.10 Å². The van der Waals surface area contributed by atoms with Crippen LogP contribution in [0.5, 0.6) is 0 Å². The van der Waals surface area contributed by atoms with Crippen molar-refractivity contribution in [3.63, 3.8) is 0 Å². The molecule has 1 aromatic carbocycles. The van der Waals surface area contributed by atoms with Crippen LogP contribution in [-0.2, 0) is 13.0 Å². The Morgan fingerprint density at radius 3 is 2.53 bits per heavy atom. The van der Waals surface area contributed by atoms with E-state index in [1.807, 2.05) is 23.9 Å². The molecule has 0 spiro atoms. The van der Waals surface area contributed by atoms with Crippen LogP contribution in [0.2, 0.25) is 0 Å². The van der Waals surface area contributed by atoms with Crippen LogP contribution in [0.3, 0.4) is 0 Å². The predicted octanol–water partition coefficient (Wildman–Crippen LogP) is 2.34. The molecule has 0 saturated carbocycles. The fourth-order valence-electron chi connectivity index (χ4n) is 1.62. The van der Waals surface area contributed by atoms with Crippen LogP contribution in [0.4, 0.5) is 5.69 Å². The lowest BCUT2D eigenvalue weighted by molar-refractivity contribution is -0.384. The lowest BCUT2D eigenvalue weighted by Gasteiger charge is -2.01. The molecule has 0 atom stereocenters. The molecule has 0 N–H and O–H groups in total. The van der Waals surface area contributed by atoms with Crippen LogP contribution in [0.25, 0.3) is 0 Å². The molecular weight excluding hydrogens is 218 g/mol. The van der Waals surface area contributed by atoms with Crippen molar-refractivity contribution in [3.05, 3.63) is 57.9 Å². The Hall–Kier alpha value is -2.17. The zero-order valence-electron chi connectivity index (χ0n) is 9.54. The molecule has 2 rings (SSSR count). The van der Waals surface area contributed by atoms with E-state index in [0.29, 0.717) is 0 Å². The van der Waals surface area contributed by atoms with E-state index in [1.54, 1.807) is 12.1 Å². The Morgan fingerprint density at radius 1 is 1.29 bits per heavy atom. The van der Waals surface area contributed by atoms with Gasteiger partial charge in [0.05, 0.1) is 10.6 Å². The van der Waals surface area contributed by atoms with Crippen LogP contribution in [0.1, 0.15) is 11.3 Å². The van der Waals surface area contributed by atoms with Gasteiger partial charge in [0.25, 0.3) is 5.69 Å². The molecule has 0 aliphatic rings. The van der Waals surface area contributed by atoms with Gasteiger partial charge in [0, 0.05) is 24.9 Å². The Balaban J connectivity index is 1.97. The first-order valence-corrected chi connectivity index (χ1v) is 5.38. The van der Waals surface area contributed by atoms with Gasteiger partial charge in [0.15, 0.2) is 0 Å². The SMILES string of the molecule is Cc1ccn(CCc2ccc([N+](=O)[O-])cc2)n1. The van der Waals surface area contributed by atoms with Crippen LogP contribution in [0.15, 0.2) is 36.5 Å². The fourth-order valence-corrected chi connectivity index (χ4v) is 1.62. The van der Waals surface area contributed by atoms with Crippen LogP contribution >= 0.6 is 0 Å². The minimum Gasteiger partial charge on any atom is -0.272 e. The largest absolute Gasteiger partial charge is 0.272 e. The molecule has 88 valence electrons. The number of nitro groups is 1. The number of nitrogens with zero attached hydrogens (tertiary/aromatic N) is 3. The highest BCUT2D eigenvalue weighted by atomic mass is 16.6. The minimum absolute atomic E-state index is 0.128. The molecule has 0 saturated heterocycles. The van der Waals surface area contributed by atoms with Gasteiger partial charge in [-0.15, -0.1) is 0 Å². The Labute approximate surface area is 98.8 Å². The minimum atomic E-state index is -0.388. The van der Waals surface area contributed by atoms with Gasteiger partial charge in [-0.05, 0) is 25.0 Å². The molecule has 0 unspecified atom stereocenters. The summed E-state index contributed by atoms with van der Waals surface area (Å²) in [5.41, 5.74) is 2.20. The topological polar surface area (TPSA) is 61.0 Å². The Morgan fingerprint density at radius 2 is 2.00 bits per heavy atom. The summed E-state index contributed by atoms with van der Waals surface area (Å²) < 4.78 is 1.87. The molecule has 0 amide bonds. The summed E-state index contributed by atoms with van der Waals surface area (Å²) >= 11 is 0. The van der Waals surface area contributed by atoms with Crippen molar-refractivity contribution in [3.8, 4) is 0 Å². The van der Waals surface area contributed by atoms with E-state index >= 15 is 0 Å². The number of hydrogen-bond donors (Lipinski definition) is 0. The average molecular weight is 231 g/mol. The van der Waals surface area contributed by atoms with E-state index in [4.69, 9.17) is 0 Å². The molecular formula is C12H13N3O2. The second kappa shape index (κ2) is 4.78. The van der Waals surface area contributed by atoms with Crippen LogP contribution in [-0.4, -0.2) is 14.7 Å².